The predicted octanol–water partition coefficient (Wildman–Crippen LogP) is 2.81. The van der Waals surface area contributed by atoms with Crippen LogP contribution in [0.15, 0.2) is 42.9 Å². The Morgan fingerprint density at radius 2 is 1.92 bits per heavy atom. The molecule has 2 aromatic rings. The quantitative estimate of drug-likeness (QED) is 0.875. The summed E-state index contributed by atoms with van der Waals surface area (Å²) in [5, 5.41) is 2.62. The Labute approximate surface area is 148 Å². The van der Waals surface area contributed by atoms with Crippen LogP contribution in [-0.2, 0) is 22.5 Å². The van der Waals surface area contributed by atoms with Crippen LogP contribution in [0.3, 0.4) is 0 Å². The minimum absolute atomic E-state index is 0.0597. The van der Waals surface area contributed by atoms with Gasteiger partial charge in [0.15, 0.2) is 5.78 Å². The molecule has 0 unspecified atom stereocenters. The molecule has 1 aromatic heterocycles. The summed E-state index contributed by atoms with van der Waals surface area (Å²) in [5.74, 6) is -0.0597. The first kappa shape index (κ1) is 18.7. The molecule has 25 heavy (non-hydrogen) atoms. The van der Waals surface area contributed by atoms with Crippen molar-refractivity contribution < 1.29 is 14.3 Å². The highest BCUT2D eigenvalue weighted by atomic mass is 16.5. The van der Waals surface area contributed by atoms with Crippen LogP contribution in [0.1, 0.15) is 32.0 Å². The molecule has 6 heteroatoms. The van der Waals surface area contributed by atoms with Gasteiger partial charge in [0.05, 0.1) is 25.2 Å². The maximum atomic E-state index is 12.6. The third-order valence-corrected chi connectivity index (χ3v) is 3.84. The zero-order valence-corrected chi connectivity index (χ0v) is 15.2. The molecule has 6 nitrogen and oxygen atoms in total. The third-order valence-electron chi connectivity index (χ3n) is 3.84. The summed E-state index contributed by atoms with van der Waals surface area (Å²) >= 11 is 0. The lowest BCUT2D eigenvalue weighted by molar-refractivity contribution is -0.128. The van der Waals surface area contributed by atoms with Gasteiger partial charge in [0, 0.05) is 24.6 Å². The second-order valence-corrected chi connectivity index (χ2v) is 7.03. The van der Waals surface area contributed by atoms with E-state index in [4.69, 9.17) is 0 Å². The molecule has 1 N–H and O–H groups in total. The Morgan fingerprint density at radius 3 is 2.52 bits per heavy atom. The largest absolute Gasteiger partial charge is 0.453 e. The van der Waals surface area contributed by atoms with Crippen molar-refractivity contribution in [2.45, 2.75) is 39.8 Å². The Hall–Kier alpha value is -2.63. The number of benzene rings is 1. The second-order valence-electron chi connectivity index (χ2n) is 7.03. The number of hydrogen-bond acceptors (Lipinski definition) is 4. The van der Waals surface area contributed by atoms with Gasteiger partial charge in [-0.1, -0.05) is 51.1 Å². The summed E-state index contributed by atoms with van der Waals surface area (Å²) in [4.78, 5) is 28.6. The number of hydrogen-bond donors (Lipinski definition) is 1. The van der Waals surface area contributed by atoms with Crippen molar-refractivity contribution in [1.82, 2.24) is 14.9 Å². The van der Waals surface area contributed by atoms with Crippen molar-refractivity contribution in [3.8, 4) is 0 Å². The fourth-order valence-electron chi connectivity index (χ4n) is 2.53. The molecule has 0 spiro atoms. The lowest BCUT2D eigenvalue weighted by atomic mass is 9.85. The maximum absolute atomic E-state index is 12.6. The molecule has 134 valence electrons. The van der Waals surface area contributed by atoms with Crippen LogP contribution in [0.2, 0.25) is 0 Å². The van der Waals surface area contributed by atoms with E-state index in [2.05, 4.69) is 15.0 Å². The van der Waals surface area contributed by atoms with Crippen molar-refractivity contribution >= 4 is 11.9 Å². The topological polar surface area (TPSA) is 73.2 Å². The molecule has 1 amide bonds. The molecule has 1 aromatic carbocycles. The van der Waals surface area contributed by atoms with Crippen LogP contribution in [0.5, 0.6) is 0 Å². The van der Waals surface area contributed by atoms with E-state index < -0.39 is 17.6 Å². The van der Waals surface area contributed by atoms with Crippen LogP contribution < -0.4 is 5.32 Å². The van der Waals surface area contributed by atoms with Gasteiger partial charge in [0.2, 0.25) is 0 Å². The Morgan fingerprint density at radius 1 is 1.24 bits per heavy atom. The molecule has 1 atom stereocenters. The Kier molecular flexibility index (Phi) is 5.96. The number of ketones is 1. The molecule has 0 saturated heterocycles. The lowest BCUT2D eigenvalue weighted by Gasteiger charge is -2.24. The number of imidazole rings is 1. The Bertz CT molecular complexity index is 717. The molecule has 0 aliphatic carbocycles. The number of Topliss-reactive ketones (excluding diaryl/α,β-unsaturated/α-hetero) is 1. The number of carbonyl (C=O) groups excluding carboxylic acids is 2. The van der Waals surface area contributed by atoms with E-state index in [1.807, 2.05) is 61.9 Å². The number of carbonyl (C=O) groups is 2. The first-order valence-electron chi connectivity index (χ1n) is 8.23. The number of nitrogens with one attached hydrogen (secondary N) is 1. The summed E-state index contributed by atoms with van der Waals surface area (Å²) in [6.07, 6.45) is 3.34. The van der Waals surface area contributed by atoms with Gasteiger partial charge in [-0.25, -0.2) is 9.78 Å². The number of aromatic nitrogens is 2. The summed E-state index contributed by atoms with van der Waals surface area (Å²) < 4.78 is 6.60. The minimum atomic E-state index is -0.674. The normalized spacial score (nSPS) is 12.5. The van der Waals surface area contributed by atoms with Crippen LogP contribution in [0.4, 0.5) is 4.79 Å². The number of rotatable bonds is 6. The zero-order valence-electron chi connectivity index (χ0n) is 15.2. The van der Waals surface area contributed by atoms with Crippen molar-refractivity contribution in [1.29, 1.82) is 0 Å². The van der Waals surface area contributed by atoms with Crippen molar-refractivity contribution in [2.75, 3.05) is 7.11 Å². The van der Waals surface area contributed by atoms with Gasteiger partial charge in [-0.05, 0) is 5.56 Å². The van der Waals surface area contributed by atoms with E-state index in [0.29, 0.717) is 13.0 Å². The fraction of sp³-hybridized carbons (Fsp3) is 0.421. The molecular formula is C19H25N3O3. The fourth-order valence-corrected chi connectivity index (χ4v) is 2.53. The summed E-state index contributed by atoms with van der Waals surface area (Å²) in [7, 11) is 1.28. The van der Waals surface area contributed by atoms with Gasteiger partial charge in [0.25, 0.3) is 0 Å². The van der Waals surface area contributed by atoms with E-state index >= 15 is 0 Å². The van der Waals surface area contributed by atoms with Crippen molar-refractivity contribution in [2.24, 2.45) is 5.41 Å². The van der Waals surface area contributed by atoms with Crippen molar-refractivity contribution in [3.63, 3.8) is 0 Å². The first-order valence-corrected chi connectivity index (χ1v) is 8.23. The van der Waals surface area contributed by atoms with E-state index in [9.17, 15) is 9.59 Å². The van der Waals surface area contributed by atoms with Crippen LogP contribution >= 0.6 is 0 Å². The van der Waals surface area contributed by atoms with Crippen LogP contribution in [0.25, 0.3) is 0 Å². The van der Waals surface area contributed by atoms with Gasteiger partial charge in [-0.15, -0.1) is 0 Å². The highest BCUT2D eigenvalue weighted by Gasteiger charge is 2.31. The van der Waals surface area contributed by atoms with Gasteiger partial charge in [-0.2, -0.15) is 0 Å². The highest BCUT2D eigenvalue weighted by molar-refractivity contribution is 5.91. The molecule has 2 rings (SSSR count). The van der Waals surface area contributed by atoms with Gasteiger partial charge < -0.3 is 14.6 Å². The van der Waals surface area contributed by atoms with E-state index in [-0.39, 0.29) is 5.78 Å². The monoisotopic (exact) mass is 343 g/mol. The molecule has 0 fully saturated rings. The molecule has 0 radical (unpaired) electrons. The first-order chi connectivity index (χ1) is 11.8. The molecule has 0 aliphatic heterocycles. The number of alkyl carbamates (subject to hydrolysis) is 1. The Balaban J connectivity index is 2.10. The second kappa shape index (κ2) is 7.96. The average Bonchev–Trinajstić information content (AvgIpc) is 3.00. The summed E-state index contributed by atoms with van der Waals surface area (Å²) in [5.41, 5.74) is 1.34. The lowest BCUT2D eigenvalue weighted by Crippen LogP contribution is -2.47. The standard InChI is InChI=1S/C19H25N3O3/c1-19(2,3)17(23)16(21-18(24)25-4)10-15-12-22(13-20-15)11-14-8-6-5-7-9-14/h5-9,12-13,16H,10-11H2,1-4H3,(H,21,24)/t16-/m0/s1. The van der Waals surface area contributed by atoms with Gasteiger partial charge >= 0.3 is 6.09 Å². The molecule has 0 bridgehead atoms. The van der Waals surface area contributed by atoms with Crippen LogP contribution in [-0.4, -0.2) is 34.6 Å². The number of ether oxygens (including phenoxy) is 1. The zero-order chi connectivity index (χ0) is 18.4. The molecular weight excluding hydrogens is 318 g/mol. The molecule has 0 aliphatic rings. The van der Waals surface area contributed by atoms with Crippen molar-refractivity contribution in [3.05, 3.63) is 54.1 Å². The predicted molar refractivity (Wildman–Crippen MR) is 95.3 cm³/mol. The third kappa shape index (κ3) is 5.45. The average molecular weight is 343 g/mol. The summed E-state index contributed by atoms with van der Waals surface area (Å²) in [6.45, 7) is 6.19. The summed E-state index contributed by atoms with van der Waals surface area (Å²) in [6, 6.07) is 9.38. The number of methoxy groups -OCH3 is 1. The van der Waals surface area contributed by atoms with Gasteiger partial charge in [-0.3, -0.25) is 4.79 Å². The SMILES string of the molecule is COC(=O)N[C@@H](Cc1cn(Cc2ccccc2)cn1)C(=O)C(C)(C)C. The van der Waals surface area contributed by atoms with E-state index in [1.54, 1.807) is 6.33 Å². The number of nitrogens with zero attached hydrogens (tertiary/aromatic N) is 2. The van der Waals surface area contributed by atoms with Gasteiger partial charge in [0.1, 0.15) is 0 Å². The smallest absolute Gasteiger partial charge is 0.407 e. The minimum Gasteiger partial charge on any atom is -0.453 e. The molecule has 0 saturated carbocycles. The highest BCUT2D eigenvalue weighted by Crippen LogP contribution is 2.19. The van der Waals surface area contributed by atoms with Crippen LogP contribution in [0, 0.1) is 5.41 Å². The number of amides is 1. The molecule has 1 heterocycles. The van der Waals surface area contributed by atoms with E-state index in [0.717, 1.165) is 5.69 Å². The maximum Gasteiger partial charge on any atom is 0.407 e. The van der Waals surface area contributed by atoms with E-state index in [1.165, 1.54) is 12.7 Å².